The van der Waals surface area contributed by atoms with Crippen molar-refractivity contribution in [2.75, 3.05) is 19.6 Å². The third-order valence-electron chi connectivity index (χ3n) is 14.6. The molecule has 2 aliphatic heterocycles. The number of carboxylic acids is 4. The molecule has 33 nitrogen and oxygen atoms in total. The van der Waals surface area contributed by atoms with Crippen molar-refractivity contribution in [3.8, 4) is 0 Å². The molecule has 18 N–H and O–H groups in total. The van der Waals surface area contributed by atoms with Gasteiger partial charge in [-0.05, 0) is 97.4 Å². The summed E-state index contributed by atoms with van der Waals surface area (Å²) in [4.78, 5) is 205. The Bertz CT molecular complexity index is 2680. The van der Waals surface area contributed by atoms with E-state index in [9.17, 15) is 103 Å². The third kappa shape index (κ3) is 24.1. The van der Waals surface area contributed by atoms with Crippen molar-refractivity contribution in [3.05, 3.63) is 24.3 Å². The zero-order valence-corrected chi connectivity index (χ0v) is 51.4. The Labute approximate surface area is 513 Å². The van der Waals surface area contributed by atoms with Gasteiger partial charge in [-0.3, -0.25) is 67.1 Å². The number of rotatable bonds is 22. The van der Waals surface area contributed by atoms with Crippen LogP contribution in [0.15, 0.2) is 24.3 Å². The number of unbranched alkanes of at least 4 members (excludes halogenated alkanes) is 1. The summed E-state index contributed by atoms with van der Waals surface area (Å²) in [5.74, 6) is -25.9. The van der Waals surface area contributed by atoms with Gasteiger partial charge in [-0.25, -0.2) is 4.79 Å². The molecule has 4 unspecified atom stereocenters. The van der Waals surface area contributed by atoms with Crippen molar-refractivity contribution in [3.63, 3.8) is 0 Å². The number of allylic oxidation sites excluding steroid dienone is 3. The molecule has 11 amide bonds. The van der Waals surface area contributed by atoms with Crippen LogP contribution in [0.5, 0.6) is 0 Å². The highest BCUT2D eigenvalue weighted by Crippen LogP contribution is 2.27. The van der Waals surface area contributed by atoms with E-state index in [2.05, 4.69) is 37.2 Å². The fourth-order valence-corrected chi connectivity index (χ4v) is 9.26. The number of carboxylic acid groups (broad SMARTS) is 4. The topological polar surface area (TPSA) is 527 Å². The first-order chi connectivity index (χ1) is 41.3. The van der Waals surface area contributed by atoms with E-state index in [4.69, 9.17) is 5.73 Å². The average molecular weight is 1270 g/mol. The number of carbonyl (C=O) groups excluding carboxylic acids is 11. The molecule has 0 bridgehead atoms. The molecule has 2 rings (SSSR count). The Morgan fingerprint density at radius 1 is 0.697 bits per heavy atom. The number of amides is 11. The summed E-state index contributed by atoms with van der Waals surface area (Å²) in [5, 5.41) is 84.1. The normalized spacial score (nSPS) is 25.9. The first-order valence-electron chi connectivity index (χ1n) is 29.0. The Balaban J connectivity index is 3.00. The Morgan fingerprint density at radius 3 is 1.84 bits per heavy atom. The number of nitrogens with two attached hydrogens (primary N) is 1. The van der Waals surface area contributed by atoms with Crippen molar-refractivity contribution in [2.24, 2.45) is 35.3 Å². The molecule has 0 saturated carbocycles. The van der Waals surface area contributed by atoms with E-state index in [1.165, 1.54) is 26.8 Å². The molecule has 2 aliphatic rings. The van der Waals surface area contributed by atoms with Gasteiger partial charge in [0.1, 0.15) is 54.4 Å². The largest absolute Gasteiger partial charge is 0.481 e. The number of aliphatic hydroxyl groups excluding tert-OH is 1. The summed E-state index contributed by atoms with van der Waals surface area (Å²) in [6.45, 7) is 12.5. The Kier molecular flexibility index (Phi) is 30.4. The standard InChI is InChI=1S/C56H88N12O21/c1-25(2)17-13-11-12-14-19-34(69)62-38(28(6)53(83)84)48(78)65-40-30(8)59-46(76)33-21-27(5)24-68(33)52(82)43(56(9,10)89)67-49(79)39(29(7)54(85)86)63-35(70)23-58-44(74)32(22-36(71)72)61-51(81)41(42(73)55(87)88)66-45(75)31(18-15-16-20-57)60-47(77)37(26(3)4)64-50(40)80/h11-12,14,19,25-33,37-43,73,89H,13,15-18,20-24,57H2,1-10H3,(H,58,74)(H,59,76)(H,60,77)(H,61,81)(H,62,69)(H,63,70)(H,64,80)(H,65,78)(H,66,75)(H,67,79)(H,71,72)(H,83,84)(H,85,86)(H,87,88)/b12-11-,19-14+/t27-,28?,29?,30?,31+,32+,33+,37-,38+,39-,40+,41+,42?,43-/m1/s1. The number of aliphatic carboxylic acids is 4. The molecule has 2 fully saturated rings. The Hall–Kier alpha value is -8.59. The zero-order valence-electron chi connectivity index (χ0n) is 51.4. The van der Waals surface area contributed by atoms with Gasteiger partial charge in [0, 0.05) is 12.6 Å². The second-order valence-electron chi connectivity index (χ2n) is 23.5. The predicted molar refractivity (Wildman–Crippen MR) is 311 cm³/mol. The molecule has 2 heterocycles. The van der Waals surface area contributed by atoms with Crippen molar-refractivity contribution in [1.82, 2.24) is 58.1 Å². The van der Waals surface area contributed by atoms with Crippen LogP contribution in [-0.4, -0.2) is 216 Å². The fourth-order valence-electron chi connectivity index (χ4n) is 9.26. The monoisotopic (exact) mass is 1260 g/mol. The summed E-state index contributed by atoms with van der Waals surface area (Å²) in [6.07, 6.45) is 2.84. The van der Waals surface area contributed by atoms with Gasteiger partial charge in [-0.2, -0.15) is 0 Å². The molecular weight excluding hydrogens is 1180 g/mol. The van der Waals surface area contributed by atoms with Crippen molar-refractivity contribution in [2.45, 2.75) is 186 Å². The molecule has 2 saturated heterocycles. The van der Waals surface area contributed by atoms with Crippen LogP contribution in [-0.2, 0) is 71.9 Å². The van der Waals surface area contributed by atoms with Crippen LogP contribution in [0, 0.1) is 29.6 Å². The number of nitrogens with zero attached hydrogens (tertiary/aromatic N) is 1. The van der Waals surface area contributed by atoms with Crippen LogP contribution >= 0.6 is 0 Å². The lowest BCUT2D eigenvalue weighted by Crippen LogP contribution is -2.66. The number of hydrogen-bond donors (Lipinski definition) is 17. The van der Waals surface area contributed by atoms with Crippen LogP contribution in [0.25, 0.3) is 0 Å². The smallest absolute Gasteiger partial charge is 0.335 e. The molecule has 14 atom stereocenters. The van der Waals surface area contributed by atoms with Crippen LogP contribution < -0.4 is 58.9 Å². The summed E-state index contributed by atoms with van der Waals surface area (Å²) >= 11 is 0. The maximum absolute atomic E-state index is 14.8. The first-order valence-corrected chi connectivity index (χ1v) is 29.0. The third-order valence-corrected chi connectivity index (χ3v) is 14.6. The van der Waals surface area contributed by atoms with Gasteiger partial charge in [0.05, 0.1) is 36.4 Å². The predicted octanol–water partition coefficient (Wildman–Crippen LogP) is -4.80. The SMILES string of the molecule is CC(C)CC/C=C\C=C\C(=O)N[C@H](C(=O)N[C@@H]1C(=O)N[C@H](C(C)C)C(=O)N[C@@H](CCCCN)C(=O)N[C@@H](C(O)C(=O)O)C(=O)N[C@@H](CC(=O)O)C(=O)NCC(=O)N[C@H](C(C)C(=O)O)C(=O)N[C@@H](C(C)(C)O)C(=O)N2C[C@H](C)C[C@H]2C(=O)NC1C)C(C)C(=O)O. The minimum atomic E-state index is -2.86. The zero-order chi connectivity index (χ0) is 67.9. The molecule has 33 heteroatoms. The second kappa shape index (κ2) is 35.4. The van der Waals surface area contributed by atoms with E-state index >= 15 is 0 Å². The number of nitrogens with one attached hydrogen (secondary N) is 10. The van der Waals surface area contributed by atoms with E-state index in [0.29, 0.717) is 12.3 Å². The first kappa shape index (κ1) is 76.5. The van der Waals surface area contributed by atoms with Crippen molar-refractivity contribution < 1.29 is 103 Å². The lowest BCUT2D eigenvalue weighted by molar-refractivity contribution is -0.153. The van der Waals surface area contributed by atoms with Gasteiger partial charge in [-0.1, -0.05) is 52.8 Å². The molecule has 89 heavy (non-hydrogen) atoms. The highest BCUT2D eigenvalue weighted by molar-refractivity contribution is 6.02. The van der Waals surface area contributed by atoms with E-state index in [1.54, 1.807) is 19.1 Å². The molecule has 498 valence electrons. The minimum absolute atomic E-state index is 0.0431. The molecule has 0 aromatic rings. The van der Waals surface area contributed by atoms with Crippen LogP contribution in [0.1, 0.15) is 114 Å². The number of aliphatic hydroxyl groups is 2. The number of hydrogen-bond acceptors (Lipinski definition) is 18. The highest BCUT2D eigenvalue weighted by atomic mass is 16.4. The molecule has 0 radical (unpaired) electrons. The van der Waals surface area contributed by atoms with E-state index in [1.807, 2.05) is 29.8 Å². The van der Waals surface area contributed by atoms with E-state index in [0.717, 1.165) is 45.1 Å². The van der Waals surface area contributed by atoms with Gasteiger partial charge in [0.15, 0.2) is 6.10 Å². The molecule has 0 aromatic carbocycles. The van der Waals surface area contributed by atoms with E-state index in [-0.39, 0.29) is 38.8 Å². The second-order valence-corrected chi connectivity index (χ2v) is 23.5. The molecule has 0 aromatic heterocycles. The maximum Gasteiger partial charge on any atom is 0.335 e. The average Bonchev–Trinajstić information content (AvgIpc) is 2.94. The molecule has 0 spiro atoms. The van der Waals surface area contributed by atoms with Gasteiger partial charge < -0.3 is 94.4 Å². The summed E-state index contributed by atoms with van der Waals surface area (Å²) in [6, 6.07) is -19.6. The van der Waals surface area contributed by atoms with Crippen molar-refractivity contribution >= 4 is 88.9 Å². The molecule has 0 aliphatic carbocycles. The van der Waals surface area contributed by atoms with Crippen molar-refractivity contribution in [1.29, 1.82) is 0 Å². The van der Waals surface area contributed by atoms with Gasteiger partial charge in [0.2, 0.25) is 65.0 Å². The fraction of sp³-hybridized carbons (Fsp3) is 0.661. The number of carbonyl (C=O) groups is 15. The van der Waals surface area contributed by atoms with Crippen LogP contribution in [0.3, 0.4) is 0 Å². The van der Waals surface area contributed by atoms with Crippen LogP contribution in [0.4, 0.5) is 0 Å². The summed E-state index contributed by atoms with van der Waals surface area (Å²) in [5.41, 5.74) is 3.44. The number of fused-ring (bicyclic) bond motifs is 1. The quantitative estimate of drug-likeness (QED) is 0.0275. The lowest BCUT2D eigenvalue weighted by Gasteiger charge is -2.36. The van der Waals surface area contributed by atoms with Gasteiger partial charge in [0.25, 0.3) is 0 Å². The maximum atomic E-state index is 14.8. The van der Waals surface area contributed by atoms with Gasteiger partial charge >= 0.3 is 23.9 Å². The summed E-state index contributed by atoms with van der Waals surface area (Å²) < 4.78 is 0. The van der Waals surface area contributed by atoms with Crippen LogP contribution in [0.2, 0.25) is 0 Å². The highest BCUT2D eigenvalue weighted by Gasteiger charge is 2.48. The lowest BCUT2D eigenvalue weighted by atomic mass is 9.94. The van der Waals surface area contributed by atoms with E-state index < -0.39 is 198 Å². The Morgan fingerprint density at radius 2 is 1.29 bits per heavy atom. The minimum Gasteiger partial charge on any atom is -0.481 e. The van der Waals surface area contributed by atoms with Gasteiger partial charge in [-0.15, -0.1) is 0 Å². The molecular formula is C56H88N12O21. The summed E-state index contributed by atoms with van der Waals surface area (Å²) in [7, 11) is 0.